The minimum atomic E-state index is 0.495. The summed E-state index contributed by atoms with van der Waals surface area (Å²) in [5.74, 6) is 0.977. The number of pyridine rings is 1. The Morgan fingerprint density at radius 2 is 2.10 bits per heavy atom. The number of rotatable bonds is 7. The Hall–Kier alpha value is -1.65. The summed E-state index contributed by atoms with van der Waals surface area (Å²) in [4.78, 5) is 6.70. The van der Waals surface area contributed by atoms with E-state index in [2.05, 4.69) is 48.2 Å². The van der Waals surface area contributed by atoms with Crippen molar-refractivity contribution in [3.05, 3.63) is 53.7 Å². The van der Waals surface area contributed by atoms with Gasteiger partial charge in [0.1, 0.15) is 5.76 Å². The monoisotopic (exact) mass is 273 g/mol. The molecule has 4 heteroatoms. The highest BCUT2D eigenvalue weighted by Gasteiger charge is 2.05. The van der Waals surface area contributed by atoms with Gasteiger partial charge in [-0.05, 0) is 30.8 Å². The first kappa shape index (κ1) is 14.8. The number of nitrogens with one attached hydrogen (secondary N) is 1. The van der Waals surface area contributed by atoms with Crippen LogP contribution in [0.15, 0.2) is 41.1 Å². The summed E-state index contributed by atoms with van der Waals surface area (Å²) in [6.07, 6.45) is 3.66. The van der Waals surface area contributed by atoms with Crippen molar-refractivity contribution >= 4 is 0 Å². The lowest BCUT2D eigenvalue weighted by atomic mass is 10.2. The van der Waals surface area contributed by atoms with E-state index in [9.17, 15) is 0 Å². The molecule has 2 heterocycles. The Kier molecular flexibility index (Phi) is 5.32. The zero-order chi connectivity index (χ0) is 14.4. The first-order valence-electron chi connectivity index (χ1n) is 7.01. The summed E-state index contributed by atoms with van der Waals surface area (Å²) >= 11 is 0. The van der Waals surface area contributed by atoms with E-state index in [0.29, 0.717) is 6.04 Å². The third-order valence-electron chi connectivity index (χ3n) is 3.04. The van der Waals surface area contributed by atoms with Gasteiger partial charge in [-0.1, -0.05) is 19.9 Å². The Morgan fingerprint density at radius 1 is 1.25 bits per heavy atom. The summed E-state index contributed by atoms with van der Waals surface area (Å²) < 4.78 is 5.34. The molecule has 0 saturated heterocycles. The molecule has 0 aromatic carbocycles. The minimum absolute atomic E-state index is 0.495. The van der Waals surface area contributed by atoms with E-state index >= 15 is 0 Å². The molecule has 0 fully saturated rings. The standard InChI is InChI=1S/C16H23N3O/c1-13(2)17-9-14-6-7-15(18-10-14)11-19(3)12-16-5-4-8-20-16/h4-8,10,13,17H,9,11-12H2,1-3H3. The number of hydrogen-bond donors (Lipinski definition) is 1. The minimum Gasteiger partial charge on any atom is -0.468 e. The van der Waals surface area contributed by atoms with E-state index in [1.54, 1.807) is 6.26 Å². The predicted octanol–water partition coefficient (Wildman–Crippen LogP) is 2.80. The molecule has 4 nitrogen and oxygen atoms in total. The van der Waals surface area contributed by atoms with Crippen molar-refractivity contribution in [2.24, 2.45) is 0 Å². The first-order valence-corrected chi connectivity index (χ1v) is 7.01. The highest BCUT2D eigenvalue weighted by Crippen LogP contribution is 2.08. The van der Waals surface area contributed by atoms with E-state index in [0.717, 1.165) is 31.1 Å². The maximum Gasteiger partial charge on any atom is 0.117 e. The third-order valence-corrected chi connectivity index (χ3v) is 3.04. The lowest BCUT2D eigenvalue weighted by Gasteiger charge is -2.15. The Morgan fingerprint density at radius 3 is 2.70 bits per heavy atom. The molecule has 0 bridgehead atoms. The van der Waals surface area contributed by atoms with Gasteiger partial charge in [-0.2, -0.15) is 0 Å². The molecule has 2 rings (SSSR count). The van der Waals surface area contributed by atoms with Crippen LogP contribution in [-0.4, -0.2) is 23.0 Å². The topological polar surface area (TPSA) is 41.3 Å². The van der Waals surface area contributed by atoms with E-state index in [1.165, 1.54) is 5.56 Å². The molecule has 0 spiro atoms. The van der Waals surface area contributed by atoms with Gasteiger partial charge in [0.05, 0.1) is 18.5 Å². The molecule has 0 atom stereocenters. The molecule has 0 amide bonds. The SMILES string of the molecule is CC(C)NCc1ccc(CN(C)Cc2ccco2)nc1. The fraction of sp³-hybridized carbons (Fsp3) is 0.438. The van der Waals surface area contributed by atoms with Crippen LogP contribution < -0.4 is 5.32 Å². The first-order chi connectivity index (χ1) is 9.63. The Bertz CT molecular complexity index is 491. The molecular formula is C16H23N3O. The molecule has 0 aliphatic heterocycles. The van der Waals surface area contributed by atoms with Gasteiger partial charge in [-0.3, -0.25) is 9.88 Å². The smallest absolute Gasteiger partial charge is 0.117 e. The lowest BCUT2D eigenvalue weighted by Crippen LogP contribution is -2.22. The molecule has 1 N–H and O–H groups in total. The molecule has 0 aliphatic rings. The summed E-state index contributed by atoms with van der Waals surface area (Å²) in [6, 6.07) is 8.63. The summed E-state index contributed by atoms with van der Waals surface area (Å²) in [5.41, 5.74) is 2.29. The molecule has 0 unspecified atom stereocenters. The lowest BCUT2D eigenvalue weighted by molar-refractivity contribution is 0.285. The second kappa shape index (κ2) is 7.22. The summed E-state index contributed by atoms with van der Waals surface area (Å²) in [6.45, 7) is 6.77. The van der Waals surface area contributed by atoms with Crippen LogP contribution in [0.2, 0.25) is 0 Å². The molecule has 108 valence electrons. The Labute approximate surface area is 120 Å². The van der Waals surface area contributed by atoms with Gasteiger partial charge in [0, 0.05) is 25.3 Å². The van der Waals surface area contributed by atoms with Crippen molar-refractivity contribution in [2.45, 2.75) is 39.5 Å². The van der Waals surface area contributed by atoms with Gasteiger partial charge in [0.2, 0.25) is 0 Å². The second-order valence-corrected chi connectivity index (χ2v) is 5.45. The summed E-state index contributed by atoms with van der Waals surface area (Å²) in [7, 11) is 2.07. The third kappa shape index (κ3) is 4.79. The molecule has 0 radical (unpaired) electrons. The van der Waals surface area contributed by atoms with Crippen LogP contribution in [0.3, 0.4) is 0 Å². The summed E-state index contributed by atoms with van der Waals surface area (Å²) in [5, 5.41) is 3.39. The zero-order valence-corrected chi connectivity index (χ0v) is 12.5. The van der Waals surface area contributed by atoms with E-state index < -0.39 is 0 Å². The largest absolute Gasteiger partial charge is 0.468 e. The maximum absolute atomic E-state index is 5.34. The van der Waals surface area contributed by atoms with Crippen molar-refractivity contribution in [1.82, 2.24) is 15.2 Å². The van der Waals surface area contributed by atoms with Gasteiger partial charge in [0.15, 0.2) is 0 Å². The highest BCUT2D eigenvalue weighted by molar-refractivity contribution is 5.14. The van der Waals surface area contributed by atoms with E-state index in [1.807, 2.05) is 18.3 Å². The van der Waals surface area contributed by atoms with Crippen LogP contribution >= 0.6 is 0 Å². The van der Waals surface area contributed by atoms with Crippen LogP contribution in [0.5, 0.6) is 0 Å². The van der Waals surface area contributed by atoms with E-state index in [-0.39, 0.29) is 0 Å². The highest BCUT2D eigenvalue weighted by atomic mass is 16.3. The van der Waals surface area contributed by atoms with Crippen molar-refractivity contribution in [3.63, 3.8) is 0 Å². The van der Waals surface area contributed by atoms with E-state index in [4.69, 9.17) is 4.42 Å². The van der Waals surface area contributed by atoms with Crippen molar-refractivity contribution in [2.75, 3.05) is 7.05 Å². The Balaban J connectivity index is 1.83. The zero-order valence-electron chi connectivity index (χ0n) is 12.5. The van der Waals surface area contributed by atoms with Crippen LogP contribution in [0, 0.1) is 0 Å². The van der Waals surface area contributed by atoms with Gasteiger partial charge < -0.3 is 9.73 Å². The van der Waals surface area contributed by atoms with Crippen LogP contribution in [0.4, 0.5) is 0 Å². The molecule has 0 saturated carbocycles. The van der Waals surface area contributed by atoms with Gasteiger partial charge in [-0.15, -0.1) is 0 Å². The number of aromatic nitrogens is 1. The average molecular weight is 273 g/mol. The van der Waals surface area contributed by atoms with Crippen molar-refractivity contribution < 1.29 is 4.42 Å². The molecular weight excluding hydrogens is 250 g/mol. The van der Waals surface area contributed by atoms with Crippen molar-refractivity contribution in [1.29, 1.82) is 0 Å². The van der Waals surface area contributed by atoms with Crippen molar-refractivity contribution in [3.8, 4) is 0 Å². The molecule has 0 aliphatic carbocycles. The predicted molar refractivity (Wildman–Crippen MR) is 80.1 cm³/mol. The molecule has 2 aromatic heterocycles. The average Bonchev–Trinajstić information content (AvgIpc) is 2.90. The second-order valence-electron chi connectivity index (χ2n) is 5.45. The van der Waals surface area contributed by atoms with Crippen LogP contribution in [-0.2, 0) is 19.6 Å². The molecule has 2 aromatic rings. The van der Waals surface area contributed by atoms with Crippen LogP contribution in [0.1, 0.15) is 30.9 Å². The fourth-order valence-corrected chi connectivity index (χ4v) is 1.98. The van der Waals surface area contributed by atoms with Gasteiger partial charge >= 0.3 is 0 Å². The number of nitrogens with zero attached hydrogens (tertiary/aromatic N) is 2. The number of furan rings is 1. The normalized spacial score (nSPS) is 11.4. The maximum atomic E-state index is 5.34. The quantitative estimate of drug-likeness (QED) is 0.842. The molecule has 20 heavy (non-hydrogen) atoms. The van der Waals surface area contributed by atoms with Gasteiger partial charge in [0.25, 0.3) is 0 Å². The van der Waals surface area contributed by atoms with Gasteiger partial charge in [-0.25, -0.2) is 0 Å². The fourth-order valence-electron chi connectivity index (χ4n) is 1.98. The van der Waals surface area contributed by atoms with Crippen LogP contribution in [0.25, 0.3) is 0 Å². The number of hydrogen-bond acceptors (Lipinski definition) is 4.